The van der Waals surface area contributed by atoms with Gasteiger partial charge in [-0.05, 0) is 36.4 Å². The van der Waals surface area contributed by atoms with Crippen molar-refractivity contribution in [3.05, 3.63) is 72.1 Å². The Balaban J connectivity index is 1.45. The number of nitrogens with zero attached hydrogens (tertiary/aromatic N) is 1. The second kappa shape index (κ2) is 8.66. The molecule has 1 amide bonds. The van der Waals surface area contributed by atoms with E-state index in [0.29, 0.717) is 22.9 Å². The number of amides is 1. The molecule has 0 aliphatic heterocycles. The van der Waals surface area contributed by atoms with Crippen LogP contribution >= 0.6 is 0 Å². The van der Waals surface area contributed by atoms with Crippen LogP contribution in [-0.4, -0.2) is 30.5 Å². The average molecular weight is 366 g/mol. The van der Waals surface area contributed by atoms with E-state index >= 15 is 0 Å². The molecule has 1 N–H and O–H groups in total. The molecule has 1 aromatic heterocycles. The number of hydrogen-bond donors (Lipinski definition) is 1. The minimum absolute atomic E-state index is 0.0342. The highest BCUT2D eigenvalue weighted by Gasteiger charge is 2.11. The summed E-state index contributed by atoms with van der Waals surface area (Å²) >= 11 is 0. The lowest BCUT2D eigenvalue weighted by molar-refractivity contribution is -0.143. The summed E-state index contributed by atoms with van der Waals surface area (Å²) in [5, 5.41) is 2.51. The Kier molecular flexibility index (Phi) is 5.84. The van der Waals surface area contributed by atoms with Crippen molar-refractivity contribution < 1.29 is 23.5 Å². The standard InChI is InChI=1S/C20H18N2O5/c1-25-17-9-7-14(8-10-17)19(24)21-11-18(23)26-12-16-13-27-20(22-16)15-5-3-2-4-6-15/h2-10,13H,11-12H2,1H3,(H,21,24). The number of methoxy groups -OCH3 is 1. The van der Waals surface area contributed by atoms with Crippen molar-refractivity contribution in [3.8, 4) is 17.2 Å². The van der Waals surface area contributed by atoms with Crippen LogP contribution < -0.4 is 10.1 Å². The fraction of sp³-hybridized carbons (Fsp3) is 0.150. The summed E-state index contributed by atoms with van der Waals surface area (Å²) in [5.74, 6) is 0.159. The summed E-state index contributed by atoms with van der Waals surface area (Å²) in [4.78, 5) is 28.1. The van der Waals surface area contributed by atoms with Crippen LogP contribution in [-0.2, 0) is 16.1 Å². The molecule has 3 aromatic rings. The third-order valence-electron chi connectivity index (χ3n) is 3.70. The molecule has 0 saturated heterocycles. The number of rotatable bonds is 7. The Hall–Kier alpha value is -3.61. The first-order valence-electron chi connectivity index (χ1n) is 8.23. The van der Waals surface area contributed by atoms with E-state index in [1.807, 2.05) is 30.3 Å². The lowest BCUT2D eigenvalue weighted by Crippen LogP contribution is -2.30. The van der Waals surface area contributed by atoms with Gasteiger partial charge in [-0.25, -0.2) is 4.98 Å². The first-order chi connectivity index (χ1) is 13.2. The van der Waals surface area contributed by atoms with Gasteiger partial charge in [0.1, 0.15) is 30.9 Å². The molecule has 2 aromatic carbocycles. The van der Waals surface area contributed by atoms with Gasteiger partial charge in [0.15, 0.2) is 0 Å². The van der Waals surface area contributed by atoms with Crippen molar-refractivity contribution in [1.29, 1.82) is 0 Å². The highest BCUT2D eigenvalue weighted by atomic mass is 16.5. The average Bonchev–Trinajstić information content (AvgIpc) is 3.20. The van der Waals surface area contributed by atoms with Crippen LogP contribution in [0.2, 0.25) is 0 Å². The zero-order valence-corrected chi connectivity index (χ0v) is 14.7. The summed E-state index contributed by atoms with van der Waals surface area (Å²) in [6, 6.07) is 16.0. The third kappa shape index (κ3) is 4.94. The fourth-order valence-corrected chi connectivity index (χ4v) is 2.29. The van der Waals surface area contributed by atoms with Crippen molar-refractivity contribution >= 4 is 11.9 Å². The van der Waals surface area contributed by atoms with E-state index < -0.39 is 5.97 Å². The van der Waals surface area contributed by atoms with E-state index in [1.54, 1.807) is 31.4 Å². The van der Waals surface area contributed by atoms with Gasteiger partial charge in [-0.3, -0.25) is 9.59 Å². The first-order valence-corrected chi connectivity index (χ1v) is 8.23. The van der Waals surface area contributed by atoms with Crippen molar-refractivity contribution in [2.24, 2.45) is 0 Å². The van der Waals surface area contributed by atoms with E-state index in [4.69, 9.17) is 13.9 Å². The molecule has 0 unspecified atom stereocenters. The van der Waals surface area contributed by atoms with Gasteiger partial charge in [-0.1, -0.05) is 18.2 Å². The molecule has 0 bridgehead atoms. The summed E-state index contributed by atoms with van der Waals surface area (Å²) in [7, 11) is 1.54. The maximum Gasteiger partial charge on any atom is 0.325 e. The van der Waals surface area contributed by atoms with Crippen LogP contribution in [0.3, 0.4) is 0 Å². The second-order valence-corrected chi connectivity index (χ2v) is 5.58. The zero-order valence-electron chi connectivity index (χ0n) is 14.7. The SMILES string of the molecule is COc1ccc(C(=O)NCC(=O)OCc2coc(-c3ccccc3)n2)cc1. The molecule has 7 nitrogen and oxygen atoms in total. The minimum atomic E-state index is -0.568. The lowest BCUT2D eigenvalue weighted by atomic mass is 10.2. The van der Waals surface area contributed by atoms with Crippen LogP contribution in [0.15, 0.2) is 65.3 Å². The predicted octanol–water partition coefficient (Wildman–Crippen LogP) is 2.82. The van der Waals surface area contributed by atoms with Crippen molar-refractivity contribution in [2.75, 3.05) is 13.7 Å². The normalized spacial score (nSPS) is 10.3. The highest BCUT2D eigenvalue weighted by molar-refractivity contribution is 5.96. The zero-order chi connectivity index (χ0) is 19.1. The number of benzene rings is 2. The minimum Gasteiger partial charge on any atom is -0.497 e. The summed E-state index contributed by atoms with van der Waals surface area (Å²) < 4.78 is 15.5. The maximum absolute atomic E-state index is 12.0. The first kappa shape index (κ1) is 18.2. The van der Waals surface area contributed by atoms with Crippen molar-refractivity contribution in [1.82, 2.24) is 10.3 Å². The molecule has 0 spiro atoms. The fourth-order valence-electron chi connectivity index (χ4n) is 2.29. The topological polar surface area (TPSA) is 90.7 Å². The van der Waals surface area contributed by atoms with Crippen LogP contribution in [0, 0.1) is 0 Å². The van der Waals surface area contributed by atoms with Crippen molar-refractivity contribution in [3.63, 3.8) is 0 Å². The number of nitrogens with one attached hydrogen (secondary N) is 1. The number of aromatic nitrogens is 1. The molecule has 0 aliphatic carbocycles. The van der Waals surface area contributed by atoms with Gasteiger partial charge in [0, 0.05) is 11.1 Å². The molecule has 138 valence electrons. The van der Waals surface area contributed by atoms with E-state index in [-0.39, 0.29) is 19.1 Å². The predicted molar refractivity (Wildman–Crippen MR) is 97.1 cm³/mol. The Morgan fingerprint density at radius 1 is 1.07 bits per heavy atom. The number of ether oxygens (including phenoxy) is 2. The van der Waals surface area contributed by atoms with E-state index in [0.717, 1.165) is 5.56 Å². The van der Waals surface area contributed by atoms with E-state index in [9.17, 15) is 9.59 Å². The smallest absolute Gasteiger partial charge is 0.325 e. The molecule has 0 atom stereocenters. The molecule has 0 aliphatic rings. The van der Waals surface area contributed by atoms with Gasteiger partial charge >= 0.3 is 5.97 Å². The second-order valence-electron chi connectivity index (χ2n) is 5.58. The Morgan fingerprint density at radius 2 is 1.81 bits per heavy atom. The van der Waals surface area contributed by atoms with Crippen LogP contribution in [0.5, 0.6) is 5.75 Å². The molecule has 7 heteroatoms. The number of hydrogen-bond acceptors (Lipinski definition) is 6. The molecule has 0 radical (unpaired) electrons. The van der Waals surface area contributed by atoms with Crippen LogP contribution in [0.1, 0.15) is 16.1 Å². The number of carbonyl (C=O) groups is 2. The summed E-state index contributed by atoms with van der Waals surface area (Å²) in [6.07, 6.45) is 1.44. The summed E-state index contributed by atoms with van der Waals surface area (Å²) in [6.45, 7) is -0.276. The highest BCUT2D eigenvalue weighted by Crippen LogP contribution is 2.18. The number of esters is 1. The largest absolute Gasteiger partial charge is 0.497 e. The maximum atomic E-state index is 12.0. The summed E-state index contributed by atoms with van der Waals surface area (Å²) in [5.41, 5.74) is 1.75. The number of carbonyl (C=O) groups excluding carboxylic acids is 2. The molecule has 1 heterocycles. The Morgan fingerprint density at radius 3 is 2.52 bits per heavy atom. The van der Waals surface area contributed by atoms with Gasteiger partial charge in [-0.15, -0.1) is 0 Å². The van der Waals surface area contributed by atoms with Gasteiger partial charge < -0.3 is 19.2 Å². The Bertz CT molecular complexity index is 904. The van der Waals surface area contributed by atoms with Gasteiger partial charge in [-0.2, -0.15) is 0 Å². The van der Waals surface area contributed by atoms with Gasteiger partial charge in [0.05, 0.1) is 7.11 Å². The van der Waals surface area contributed by atoms with Crippen LogP contribution in [0.4, 0.5) is 0 Å². The quantitative estimate of drug-likeness (QED) is 0.647. The monoisotopic (exact) mass is 366 g/mol. The van der Waals surface area contributed by atoms with E-state index in [2.05, 4.69) is 10.3 Å². The molecule has 27 heavy (non-hydrogen) atoms. The molecular formula is C20H18N2O5. The molecule has 0 fully saturated rings. The number of oxazole rings is 1. The van der Waals surface area contributed by atoms with Gasteiger partial charge in [0.25, 0.3) is 5.91 Å². The van der Waals surface area contributed by atoms with Crippen molar-refractivity contribution in [2.45, 2.75) is 6.61 Å². The van der Waals surface area contributed by atoms with Gasteiger partial charge in [0.2, 0.25) is 5.89 Å². The van der Waals surface area contributed by atoms with Crippen LogP contribution in [0.25, 0.3) is 11.5 Å². The lowest BCUT2D eigenvalue weighted by Gasteiger charge is -2.06. The third-order valence-corrected chi connectivity index (χ3v) is 3.70. The molecule has 0 saturated carbocycles. The van der Waals surface area contributed by atoms with E-state index in [1.165, 1.54) is 6.26 Å². The Labute approximate surface area is 155 Å². The molecular weight excluding hydrogens is 348 g/mol. The molecule has 3 rings (SSSR count).